The highest BCUT2D eigenvalue weighted by Gasteiger charge is 2.26. The van der Waals surface area contributed by atoms with Crippen molar-refractivity contribution in [1.82, 2.24) is 19.3 Å². The van der Waals surface area contributed by atoms with Crippen LogP contribution in [0.25, 0.3) is 11.4 Å². The Morgan fingerprint density at radius 2 is 1.74 bits per heavy atom. The lowest BCUT2D eigenvalue weighted by Gasteiger charge is -2.21. The number of aromatic nitrogens is 2. The molecule has 2 aromatic carbocycles. The Labute approximate surface area is 197 Å². The van der Waals surface area contributed by atoms with Crippen LogP contribution in [0, 0.1) is 0 Å². The molecule has 34 heavy (non-hydrogen) atoms. The maximum atomic E-state index is 12.9. The van der Waals surface area contributed by atoms with Crippen molar-refractivity contribution in [1.29, 1.82) is 0 Å². The average molecular weight is 491 g/mol. The van der Waals surface area contributed by atoms with Crippen LogP contribution in [0.4, 0.5) is 0 Å². The number of benzene rings is 2. The first-order chi connectivity index (χ1) is 16.2. The van der Waals surface area contributed by atoms with Gasteiger partial charge in [-0.25, -0.2) is 8.42 Å². The van der Waals surface area contributed by atoms with Gasteiger partial charge in [0.05, 0.1) is 39.3 Å². The molecular formula is C22H26N4O7S. The van der Waals surface area contributed by atoms with Gasteiger partial charge in [0, 0.05) is 25.7 Å². The van der Waals surface area contributed by atoms with E-state index in [0.717, 1.165) is 4.31 Å². The Kier molecular flexibility index (Phi) is 7.74. The highest BCUT2D eigenvalue weighted by molar-refractivity contribution is 7.89. The van der Waals surface area contributed by atoms with Crippen LogP contribution < -0.4 is 14.2 Å². The fourth-order valence-electron chi connectivity index (χ4n) is 3.04. The third kappa shape index (κ3) is 5.46. The largest absolute Gasteiger partial charge is 0.497 e. The third-order valence-corrected chi connectivity index (χ3v) is 6.81. The molecule has 0 fully saturated rings. The second-order valence-corrected chi connectivity index (χ2v) is 9.32. The molecule has 3 rings (SSSR count). The summed E-state index contributed by atoms with van der Waals surface area (Å²) < 4.78 is 47.6. The second-order valence-electron chi connectivity index (χ2n) is 7.27. The van der Waals surface area contributed by atoms with Gasteiger partial charge >= 0.3 is 0 Å². The van der Waals surface area contributed by atoms with E-state index in [1.165, 1.54) is 51.4 Å². The van der Waals surface area contributed by atoms with Crippen molar-refractivity contribution in [3.05, 3.63) is 48.4 Å². The number of hydrogen-bond acceptors (Lipinski definition) is 9. The summed E-state index contributed by atoms with van der Waals surface area (Å²) in [5.74, 6) is 1.42. The third-order valence-electron chi connectivity index (χ3n) is 5.02. The first-order valence-electron chi connectivity index (χ1n) is 10.1. The highest BCUT2D eigenvalue weighted by atomic mass is 32.2. The Bertz CT molecular complexity index is 1260. The molecule has 1 heterocycles. The minimum atomic E-state index is -3.95. The number of rotatable bonds is 10. The number of likely N-dealkylation sites (N-methyl/N-ethyl adjacent to an activating group) is 2. The van der Waals surface area contributed by atoms with Gasteiger partial charge in [-0.3, -0.25) is 4.79 Å². The van der Waals surface area contributed by atoms with Crippen LogP contribution >= 0.6 is 0 Å². The molecule has 0 aliphatic rings. The van der Waals surface area contributed by atoms with Gasteiger partial charge in [-0.15, -0.1) is 0 Å². The molecule has 0 aliphatic carbocycles. The minimum Gasteiger partial charge on any atom is -0.497 e. The number of carbonyl (C=O) groups is 1. The molecule has 0 saturated heterocycles. The molecule has 0 bridgehead atoms. The fourth-order valence-corrected chi connectivity index (χ4v) is 4.18. The molecule has 0 spiro atoms. The zero-order valence-corrected chi connectivity index (χ0v) is 20.3. The van der Waals surface area contributed by atoms with Crippen molar-refractivity contribution >= 4 is 15.9 Å². The smallest absolute Gasteiger partial charge is 0.246 e. The van der Waals surface area contributed by atoms with E-state index in [1.807, 2.05) is 0 Å². The Hall–Kier alpha value is -3.64. The number of amides is 1. The van der Waals surface area contributed by atoms with Crippen LogP contribution in [0.5, 0.6) is 17.2 Å². The zero-order valence-electron chi connectivity index (χ0n) is 19.5. The molecule has 0 atom stereocenters. The van der Waals surface area contributed by atoms with Gasteiger partial charge < -0.3 is 23.6 Å². The Morgan fingerprint density at radius 1 is 1.00 bits per heavy atom. The van der Waals surface area contributed by atoms with Gasteiger partial charge in [0.2, 0.25) is 27.6 Å². The number of ether oxygens (including phenoxy) is 3. The van der Waals surface area contributed by atoms with E-state index in [2.05, 4.69) is 10.1 Å². The lowest BCUT2D eigenvalue weighted by Crippen LogP contribution is -2.39. The molecule has 0 unspecified atom stereocenters. The van der Waals surface area contributed by atoms with E-state index in [0.29, 0.717) is 22.9 Å². The molecule has 11 nitrogen and oxygen atoms in total. The predicted octanol–water partition coefficient (Wildman–Crippen LogP) is 2.04. The number of carbonyl (C=O) groups excluding carboxylic acids is 1. The van der Waals surface area contributed by atoms with Crippen molar-refractivity contribution < 1.29 is 31.9 Å². The van der Waals surface area contributed by atoms with Crippen molar-refractivity contribution in [2.45, 2.75) is 11.4 Å². The number of sulfonamides is 1. The van der Waals surface area contributed by atoms with Crippen LogP contribution in [0.15, 0.2) is 51.9 Å². The van der Waals surface area contributed by atoms with E-state index in [4.69, 9.17) is 18.7 Å². The van der Waals surface area contributed by atoms with Gasteiger partial charge in [-0.2, -0.15) is 9.29 Å². The summed E-state index contributed by atoms with van der Waals surface area (Å²) in [6, 6.07) is 11.4. The van der Waals surface area contributed by atoms with E-state index >= 15 is 0 Å². The number of hydrogen-bond donors (Lipinski definition) is 0. The topological polar surface area (TPSA) is 124 Å². The summed E-state index contributed by atoms with van der Waals surface area (Å²) in [7, 11) is 3.32. The van der Waals surface area contributed by atoms with Gasteiger partial charge in [0.25, 0.3) is 0 Å². The van der Waals surface area contributed by atoms with Crippen molar-refractivity contribution in [2.24, 2.45) is 0 Å². The quantitative estimate of drug-likeness (QED) is 0.420. The van der Waals surface area contributed by atoms with Gasteiger partial charge in [0.1, 0.15) is 5.75 Å². The summed E-state index contributed by atoms with van der Waals surface area (Å²) in [4.78, 5) is 18.3. The van der Waals surface area contributed by atoms with Crippen molar-refractivity contribution in [3.63, 3.8) is 0 Å². The average Bonchev–Trinajstić information content (AvgIpc) is 3.31. The van der Waals surface area contributed by atoms with E-state index in [9.17, 15) is 13.2 Å². The normalized spacial score (nSPS) is 11.4. The maximum Gasteiger partial charge on any atom is 0.246 e. The second kappa shape index (κ2) is 10.5. The number of nitrogens with zero attached hydrogens (tertiary/aromatic N) is 4. The van der Waals surface area contributed by atoms with Crippen LogP contribution in [0.2, 0.25) is 0 Å². The molecule has 12 heteroatoms. The molecular weight excluding hydrogens is 464 g/mol. The van der Waals surface area contributed by atoms with Crippen molar-refractivity contribution in [3.8, 4) is 28.6 Å². The van der Waals surface area contributed by atoms with E-state index in [1.54, 1.807) is 31.4 Å². The molecule has 0 aliphatic heterocycles. The standard InChI is InChI=1S/C22H26N4O7S/c1-25(13-20-23-22(24-33-20)15-7-6-8-16(11-15)30-3)21(27)14-26(2)34(28,29)17-9-10-18(31-4)19(12-17)32-5/h6-12H,13-14H2,1-5H3. The Morgan fingerprint density at radius 3 is 2.41 bits per heavy atom. The van der Waals surface area contributed by atoms with Crippen LogP contribution in [-0.2, 0) is 21.4 Å². The molecule has 1 amide bonds. The van der Waals surface area contributed by atoms with Crippen LogP contribution in [-0.4, -0.2) is 75.6 Å². The Balaban J connectivity index is 1.67. The summed E-state index contributed by atoms with van der Waals surface area (Å²) in [6.07, 6.45) is 0. The van der Waals surface area contributed by atoms with Crippen LogP contribution in [0.3, 0.4) is 0 Å². The molecule has 182 valence electrons. The monoisotopic (exact) mass is 490 g/mol. The molecule has 1 aromatic heterocycles. The molecule has 3 aromatic rings. The van der Waals surface area contributed by atoms with E-state index < -0.39 is 15.9 Å². The summed E-state index contributed by atoms with van der Waals surface area (Å²) in [6.45, 7) is -0.371. The first kappa shape index (κ1) is 25.0. The zero-order chi connectivity index (χ0) is 24.9. The van der Waals surface area contributed by atoms with Gasteiger partial charge in [-0.05, 0) is 24.3 Å². The minimum absolute atomic E-state index is 0.0139. The molecule has 0 saturated carbocycles. The van der Waals surface area contributed by atoms with E-state index in [-0.39, 0.29) is 29.6 Å². The molecule has 0 N–H and O–H groups in total. The molecule has 0 radical (unpaired) electrons. The lowest BCUT2D eigenvalue weighted by atomic mass is 10.2. The lowest BCUT2D eigenvalue weighted by molar-refractivity contribution is -0.130. The van der Waals surface area contributed by atoms with Gasteiger partial charge in [0.15, 0.2) is 11.5 Å². The van der Waals surface area contributed by atoms with Crippen LogP contribution in [0.1, 0.15) is 5.89 Å². The van der Waals surface area contributed by atoms with Gasteiger partial charge in [-0.1, -0.05) is 17.3 Å². The number of methoxy groups -OCH3 is 3. The maximum absolute atomic E-state index is 12.9. The summed E-state index contributed by atoms with van der Waals surface area (Å²) in [5.41, 5.74) is 0.698. The first-order valence-corrected chi connectivity index (χ1v) is 11.5. The summed E-state index contributed by atoms with van der Waals surface area (Å²) >= 11 is 0. The highest BCUT2D eigenvalue weighted by Crippen LogP contribution is 2.30. The van der Waals surface area contributed by atoms with Crippen molar-refractivity contribution in [2.75, 3.05) is 42.0 Å². The SMILES string of the molecule is COc1cccc(-c2noc(CN(C)C(=O)CN(C)S(=O)(=O)c3ccc(OC)c(OC)c3)n2)c1. The fraction of sp³-hybridized carbons (Fsp3) is 0.318. The predicted molar refractivity (Wildman–Crippen MR) is 122 cm³/mol. The summed E-state index contributed by atoms with van der Waals surface area (Å²) in [5, 5.41) is 3.94.